The summed E-state index contributed by atoms with van der Waals surface area (Å²) in [6.45, 7) is 4.04. The highest BCUT2D eigenvalue weighted by atomic mass is 15.0. The molecule has 2 heteroatoms. The standard InChI is InChI=1S/C9H10N2/c1-7-9-5-3-4-6-11(9)8(2)10-7/h3-6H,1-2H3. The average molecular weight is 146 g/mol. The van der Waals surface area contributed by atoms with Crippen molar-refractivity contribution in [3.8, 4) is 0 Å². The Morgan fingerprint density at radius 3 is 2.82 bits per heavy atom. The van der Waals surface area contributed by atoms with E-state index >= 15 is 0 Å². The maximum absolute atomic E-state index is 4.35. The number of rotatable bonds is 0. The van der Waals surface area contributed by atoms with Crippen LogP contribution in [0.1, 0.15) is 11.5 Å². The van der Waals surface area contributed by atoms with E-state index < -0.39 is 0 Å². The van der Waals surface area contributed by atoms with E-state index in [0.29, 0.717) is 0 Å². The van der Waals surface area contributed by atoms with Crippen LogP contribution in [0.4, 0.5) is 0 Å². The van der Waals surface area contributed by atoms with Crippen LogP contribution in [0.5, 0.6) is 0 Å². The lowest BCUT2D eigenvalue weighted by Gasteiger charge is -1.92. The Morgan fingerprint density at radius 2 is 2.09 bits per heavy atom. The summed E-state index contributed by atoms with van der Waals surface area (Å²) in [5, 5.41) is 0. The van der Waals surface area contributed by atoms with Crippen molar-refractivity contribution in [2.45, 2.75) is 13.8 Å². The second-order valence-corrected chi connectivity index (χ2v) is 2.70. The highest BCUT2D eigenvalue weighted by Crippen LogP contribution is 2.10. The number of imidazole rings is 1. The molecule has 2 heterocycles. The summed E-state index contributed by atoms with van der Waals surface area (Å²) in [6, 6.07) is 6.12. The Bertz CT molecular complexity index is 351. The summed E-state index contributed by atoms with van der Waals surface area (Å²) in [7, 11) is 0. The Labute approximate surface area is 65.5 Å². The molecule has 0 atom stereocenters. The van der Waals surface area contributed by atoms with Crippen LogP contribution in [-0.4, -0.2) is 9.38 Å². The van der Waals surface area contributed by atoms with Gasteiger partial charge in [0.25, 0.3) is 0 Å². The van der Waals surface area contributed by atoms with Crippen molar-refractivity contribution >= 4 is 5.52 Å². The monoisotopic (exact) mass is 146 g/mol. The van der Waals surface area contributed by atoms with Crippen molar-refractivity contribution in [3.05, 3.63) is 35.9 Å². The van der Waals surface area contributed by atoms with Gasteiger partial charge in [0.15, 0.2) is 0 Å². The van der Waals surface area contributed by atoms with E-state index in [1.54, 1.807) is 0 Å². The zero-order valence-corrected chi connectivity index (χ0v) is 6.70. The minimum absolute atomic E-state index is 1.05. The van der Waals surface area contributed by atoms with Gasteiger partial charge in [-0.1, -0.05) is 6.07 Å². The van der Waals surface area contributed by atoms with Gasteiger partial charge in [0.05, 0.1) is 11.2 Å². The lowest BCUT2D eigenvalue weighted by Crippen LogP contribution is -1.84. The minimum atomic E-state index is 1.05. The Balaban J connectivity index is 2.95. The minimum Gasteiger partial charge on any atom is -0.304 e. The topological polar surface area (TPSA) is 17.3 Å². The average Bonchev–Trinajstić information content (AvgIpc) is 2.30. The van der Waals surface area contributed by atoms with Crippen LogP contribution in [0, 0.1) is 13.8 Å². The summed E-state index contributed by atoms with van der Waals surface area (Å²) >= 11 is 0. The van der Waals surface area contributed by atoms with Crippen molar-refractivity contribution in [2.24, 2.45) is 0 Å². The van der Waals surface area contributed by atoms with E-state index in [-0.39, 0.29) is 0 Å². The van der Waals surface area contributed by atoms with Crippen LogP contribution < -0.4 is 0 Å². The molecule has 2 rings (SSSR count). The van der Waals surface area contributed by atoms with Gasteiger partial charge in [0, 0.05) is 6.20 Å². The third-order valence-electron chi connectivity index (χ3n) is 1.91. The van der Waals surface area contributed by atoms with Gasteiger partial charge < -0.3 is 4.40 Å². The molecule has 2 nitrogen and oxygen atoms in total. The lowest BCUT2D eigenvalue weighted by atomic mass is 10.3. The number of hydrogen-bond acceptors (Lipinski definition) is 1. The second kappa shape index (κ2) is 2.09. The molecule has 0 unspecified atom stereocenters. The fourth-order valence-corrected chi connectivity index (χ4v) is 1.37. The summed E-state index contributed by atoms with van der Waals surface area (Å²) in [5.41, 5.74) is 2.30. The quantitative estimate of drug-likeness (QED) is 0.555. The first kappa shape index (κ1) is 6.40. The molecule has 0 radical (unpaired) electrons. The van der Waals surface area contributed by atoms with Crippen LogP contribution in [0.15, 0.2) is 24.4 Å². The zero-order chi connectivity index (χ0) is 7.84. The number of aromatic nitrogens is 2. The molecule has 0 saturated heterocycles. The third-order valence-corrected chi connectivity index (χ3v) is 1.91. The van der Waals surface area contributed by atoms with Crippen molar-refractivity contribution in [1.29, 1.82) is 0 Å². The lowest BCUT2D eigenvalue weighted by molar-refractivity contribution is 1.04. The maximum Gasteiger partial charge on any atom is 0.110 e. The Hall–Kier alpha value is -1.31. The van der Waals surface area contributed by atoms with Gasteiger partial charge in [0.2, 0.25) is 0 Å². The van der Waals surface area contributed by atoms with Crippen LogP contribution in [0.2, 0.25) is 0 Å². The fraction of sp³-hybridized carbons (Fsp3) is 0.222. The van der Waals surface area contributed by atoms with E-state index in [1.807, 2.05) is 32.2 Å². The van der Waals surface area contributed by atoms with Crippen molar-refractivity contribution in [3.63, 3.8) is 0 Å². The number of hydrogen-bond donors (Lipinski definition) is 0. The van der Waals surface area contributed by atoms with Gasteiger partial charge in [-0.05, 0) is 26.0 Å². The van der Waals surface area contributed by atoms with E-state index in [1.165, 1.54) is 5.52 Å². The van der Waals surface area contributed by atoms with Crippen molar-refractivity contribution < 1.29 is 0 Å². The molecule has 11 heavy (non-hydrogen) atoms. The predicted molar refractivity (Wildman–Crippen MR) is 44.7 cm³/mol. The molecule has 0 spiro atoms. The third kappa shape index (κ3) is 0.827. The highest BCUT2D eigenvalue weighted by molar-refractivity contribution is 5.52. The molecule has 0 saturated carbocycles. The van der Waals surface area contributed by atoms with Gasteiger partial charge in [-0.25, -0.2) is 4.98 Å². The van der Waals surface area contributed by atoms with Gasteiger partial charge in [-0.3, -0.25) is 0 Å². The van der Waals surface area contributed by atoms with Crippen LogP contribution in [0.25, 0.3) is 5.52 Å². The molecule has 0 amide bonds. The Morgan fingerprint density at radius 1 is 1.27 bits per heavy atom. The zero-order valence-electron chi connectivity index (χ0n) is 6.70. The first-order chi connectivity index (χ1) is 5.29. The normalized spacial score (nSPS) is 10.7. The number of pyridine rings is 1. The molecule has 0 N–H and O–H groups in total. The molecule has 0 aromatic carbocycles. The van der Waals surface area contributed by atoms with Crippen LogP contribution in [-0.2, 0) is 0 Å². The molecular formula is C9H10N2. The maximum atomic E-state index is 4.35. The van der Waals surface area contributed by atoms with E-state index in [2.05, 4.69) is 15.5 Å². The fourth-order valence-electron chi connectivity index (χ4n) is 1.37. The van der Waals surface area contributed by atoms with E-state index in [4.69, 9.17) is 0 Å². The number of aryl methyl sites for hydroxylation is 2. The summed E-state index contributed by atoms with van der Waals surface area (Å²) in [6.07, 6.45) is 2.03. The smallest absolute Gasteiger partial charge is 0.110 e. The number of nitrogens with zero attached hydrogens (tertiary/aromatic N) is 2. The molecule has 0 aliphatic carbocycles. The number of fused-ring (bicyclic) bond motifs is 1. The Kier molecular flexibility index (Phi) is 1.22. The predicted octanol–water partition coefficient (Wildman–Crippen LogP) is 1.95. The highest BCUT2D eigenvalue weighted by Gasteiger charge is 2.00. The van der Waals surface area contributed by atoms with Gasteiger partial charge in [0.1, 0.15) is 5.82 Å². The SMILES string of the molecule is Cc1nc(C)n2ccccc12. The van der Waals surface area contributed by atoms with Crippen molar-refractivity contribution in [2.75, 3.05) is 0 Å². The second-order valence-electron chi connectivity index (χ2n) is 2.70. The summed E-state index contributed by atoms with van der Waals surface area (Å²) in [5.74, 6) is 1.05. The van der Waals surface area contributed by atoms with E-state index in [0.717, 1.165) is 11.5 Å². The van der Waals surface area contributed by atoms with Crippen LogP contribution >= 0.6 is 0 Å². The summed E-state index contributed by atoms with van der Waals surface area (Å²) < 4.78 is 2.09. The van der Waals surface area contributed by atoms with Crippen LogP contribution in [0.3, 0.4) is 0 Å². The molecule has 0 bridgehead atoms. The molecule has 56 valence electrons. The molecule has 2 aromatic rings. The van der Waals surface area contributed by atoms with Gasteiger partial charge >= 0.3 is 0 Å². The first-order valence-corrected chi connectivity index (χ1v) is 3.69. The van der Waals surface area contributed by atoms with Gasteiger partial charge in [-0.15, -0.1) is 0 Å². The molecular weight excluding hydrogens is 136 g/mol. The van der Waals surface area contributed by atoms with E-state index in [9.17, 15) is 0 Å². The molecule has 0 fully saturated rings. The largest absolute Gasteiger partial charge is 0.304 e. The first-order valence-electron chi connectivity index (χ1n) is 3.69. The van der Waals surface area contributed by atoms with Crippen molar-refractivity contribution in [1.82, 2.24) is 9.38 Å². The van der Waals surface area contributed by atoms with Gasteiger partial charge in [-0.2, -0.15) is 0 Å². The molecule has 0 aliphatic heterocycles. The molecule has 2 aromatic heterocycles. The molecule has 0 aliphatic rings. The summed E-state index contributed by atoms with van der Waals surface area (Å²) in [4.78, 5) is 4.35.